The number of aliphatic hydroxyl groups excluding tert-OH is 1. The maximum Gasteiger partial charge on any atom is 0.328 e. The van der Waals surface area contributed by atoms with E-state index < -0.39 is 17.1 Å². The minimum Gasteiger partial charge on any atom is -0.396 e. The Balaban J connectivity index is 2.41. The number of rotatable bonds is 2. The number of aliphatic hydroxyl groups is 1. The Kier molecular flexibility index (Phi) is 2.44. The minimum absolute atomic E-state index is 0.0204. The van der Waals surface area contributed by atoms with Crippen LogP contribution in [-0.4, -0.2) is 21.3 Å². The molecule has 1 aliphatic rings. The van der Waals surface area contributed by atoms with Crippen LogP contribution in [0.1, 0.15) is 18.9 Å². The molecule has 1 aromatic heterocycles. The van der Waals surface area contributed by atoms with E-state index in [0.29, 0.717) is 0 Å². The zero-order valence-electron chi connectivity index (χ0n) is 7.94. The summed E-state index contributed by atoms with van der Waals surface area (Å²) in [6.45, 7) is -0.0299. The number of hydrogen-bond donors (Lipinski definition) is 2. The second kappa shape index (κ2) is 3.62. The van der Waals surface area contributed by atoms with E-state index in [1.165, 1.54) is 0 Å². The van der Waals surface area contributed by atoms with Gasteiger partial charge in [0.15, 0.2) is 0 Å². The molecule has 2 atom stereocenters. The molecule has 5 nitrogen and oxygen atoms in total. The first kappa shape index (κ1) is 10.1. The summed E-state index contributed by atoms with van der Waals surface area (Å²) in [5, 5.41) is 8.95. The fourth-order valence-electron chi connectivity index (χ4n) is 1.84. The van der Waals surface area contributed by atoms with Gasteiger partial charge >= 0.3 is 5.69 Å². The highest BCUT2D eigenvalue weighted by Crippen LogP contribution is 2.36. The van der Waals surface area contributed by atoms with E-state index in [-0.39, 0.29) is 18.6 Å². The third-order valence-corrected chi connectivity index (χ3v) is 2.89. The lowest BCUT2D eigenvalue weighted by Gasteiger charge is -2.36. The third-order valence-electron chi connectivity index (χ3n) is 2.89. The first-order chi connectivity index (χ1) is 7.13. The van der Waals surface area contributed by atoms with E-state index in [9.17, 15) is 14.0 Å². The Morgan fingerprint density at radius 1 is 1.53 bits per heavy atom. The lowest BCUT2D eigenvalue weighted by atomic mass is 9.80. The summed E-state index contributed by atoms with van der Waals surface area (Å²) in [6, 6.07) is -0.200. The molecule has 0 amide bonds. The molecular formula is C9H11FN2O3. The van der Waals surface area contributed by atoms with Crippen molar-refractivity contribution in [2.45, 2.75) is 18.9 Å². The number of nitrogens with zero attached hydrogens (tertiary/aromatic N) is 1. The number of halogens is 1. The first-order valence-electron chi connectivity index (χ1n) is 4.75. The Hall–Kier alpha value is -1.43. The van der Waals surface area contributed by atoms with Gasteiger partial charge in [-0.1, -0.05) is 0 Å². The van der Waals surface area contributed by atoms with Crippen molar-refractivity contribution in [2.75, 3.05) is 6.61 Å². The molecule has 1 aromatic rings. The molecule has 0 aliphatic heterocycles. The second-order valence-corrected chi connectivity index (χ2v) is 3.73. The highest BCUT2D eigenvalue weighted by molar-refractivity contribution is 4.94. The molecule has 1 fully saturated rings. The highest BCUT2D eigenvalue weighted by atomic mass is 19.1. The fraction of sp³-hybridized carbons (Fsp3) is 0.556. The van der Waals surface area contributed by atoms with E-state index in [1.807, 2.05) is 4.98 Å². The summed E-state index contributed by atoms with van der Waals surface area (Å²) in [7, 11) is 0. The number of hydrogen-bond acceptors (Lipinski definition) is 3. The maximum absolute atomic E-state index is 12.9. The van der Waals surface area contributed by atoms with Gasteiger partial charge in [-0.25, -0.2) is 4.79 Å². The fourth-order valence-corrected chi connectivity index (χ4v) is 1.84. The van der Waals surface area contributed by atoms with Crippen molar-refractivity contribution in [2.24, 2.45) is 5.92 Å². The molecule has 0 saturated heterocycles. The van der Waals surface area contributed by atoms with Gasteiger partial charge in [-0.2, -0.15) is 4.39 Å². The number of aromatic nitrogens is 2. The highest BCUT2D eigenvalue weighted by Gasteiger charge is 2.32. The molecule has 15 heavy (non-hydrogen) atoms. The van der Waals surface area contributed by atoms with Crippen LogP contribution >= 0.6 is 0 Å². The standard InChI is InChI=1S/C9H11FN2O3/c10-6-3-12(9(15)11-8(6)14)7-2-1-5(7)4-13/h3,5,7,13H,1-2,4H2,(H,11,14,15)/t5-,7-/m0/s1. The zero-order chi connectivity index (χ0) is 11.0. The summed E-state index contributed by atoms with van der Waals surface area (Å²) < 4.78 is 14.1. The smallest absolute Gasteiger partial charge is 0.328 e. The van der Waals surface area contributed by atoms with E-state index >= 15 is 0 Å². The van der Waals surface area contributed by atoms with E-state index in [4.69, 9.17) is 5.11 Å². The number of aromatic amines is 1. The predicted octanol–water partition coefficient (Wildman–Crippen LogP) is -0.381. The summed E-state index contributed by atoms with van der Waals surface area (Å²) in [5.41, 5.74) is -1.62. The van der Waals surface area contributed by atoms with E-state index in [1.54, 1.807) is 0 Å². The van der Waals surface area contributed by atoms with Crippen LogP contribution in [0.4, 0.5) is 4.39 Å². The van der Waals surface area contributed by atoms with Crippen LogP contribution < -0.4 is 11.2 Å². The SMILES string of the molecule is O=c1[nH]c(=O)n([C@H]2CC[C@H]2CO)cc1F. The normalized spacial score (nSPS) is 24.9. The monoisotopic (exact) mass is 214 g/mol. The predicted molar refractivity (Wildman–Crippen MR) is 50.1 cm³/mol. The quantitative estimate of drug-likeness (QED) is 0.704. The molecule has 1 saturated carbocycles. The molecule has 82 valence electrons. The van der Waals surface area contributed by atoms with Gasteiger partial charge in [0.05, 0.1) is 6.20 Å². The molecule has 0 radical (unpaired) electrons. The molecule has 1 heterocycles. The Bertz CT molecular complexity index is 477. The zero-order valence-corrected chi connectivity index (χ0v) is 7.94. The van der Waals surface area contributed by atoms with Gasteiger partial charge in [0.2, 0.25) is 5.82 Å². The summed E-state index contributed by atoms with van der Waals surface area (Å²) in [4.78, 5) is 24.0. The average molecular weight is 214 g/mol. The van der Waals surface area contributed by atoms with Crippen LogP contribution in [0.25, 0.3) is 0 Å². The largest absolute Gasteiger partial charge is 0.396 e. The summed E-state index contributed by atoms with van der Waals surface area (Å²) in [6.07, 6.45) is 2.44. The summed E-state index contributed by atoms with van der Waals surface area (Å²) >= 11 is 0. The number of H-pyrrole nitrogens is 1. The van der Waals surface area contributed by atoms with Crippen LogP contribution in [-0.2, 0) is 0 Å². The van der Waals surface area contributed by atoms with Crippen molar-refractivity contribution in [3.05, 3.63) is 32.9 Å². The van der Waals surface area contributed by atoms with Crippen LogP contribution in [0.2, 0.25) is 0 Å². The van der Waals surface area contributed by atoms with Gasteiger partial charge in [0.25, 0.3) is 5.56 Å². The number of nitrogens with one attached hydrogen (secondary N) is 1. The van der Waals surface area contributed by atoms with Gasteiger partial charge in [-0.3, -0.25) is 14.3 Å². The van der Waals surface area contributed by atoms with Crippen LogP contribution in [0.5, 0.6) is 0 Å². The molecule has 0 bridgehead atoms. The molecule has 2 rings (SSSR count). The topological polar surface area (TPSA) is 75.1 Å². The van der Waals surface area contributed by atoms with Gasteiger partial charge in [0.1, 0.15) is 0 Å². The van der Waals surface area contributed by atoms with E-state index in [0.717, 1.165) is 23.6 Å². The molecule has 0 aromatic carbocycles. The minimum atomic E-state index is -1.00. The Labute approximate surface area is 84.2 Å². The molecule has 1 aliphatic carbocycles. The molecule has 6 heteroatoms. The Morgan fingerprint density at radius 3 is 2.80 bits per heavy atom. The average Bonchev–Trinajstić information content (AvgIpc) is 2.13. The van der Waals surface area contributed by atoms with Crippen LogP contribution in [0.3, 0.4) is 0 Å². The molecule has 0 unspecified atom stereocenters. The van der Waals surface area contributed by atoms with Gasteiger partial charge < -0.3 is 5.11 Å². The third kappa shape index (κ3) is 1.61. The van der Waals surface area contributed by atoms with E-state index in [2.05, 4.69) is 0 Å². The lowest BCUT2D eigenvalue weighted by Crippen LogP contribution is -2.41. The van der Waals surface area contributed by atoms with Crippen molar-refractivity contribution in [1.29, 1.82) is 0 Å². The Morgan fingerprint density at radius 2 is 2.27 bits per heavy atom. The lowest BCUT2D eigenvalue weighted by molar-refractivity contribution is 0.0933. The molecule has 2 N–H and O–H groups in total. The summed E-state index contributed by atoms with van der Waals surface area (Å²) in [5.74, 6) is -0.994. The van der Waals surface area contributed by atoms with Gasteiger partial charge in [-0.05, 0) is 12.8 Å². The van der Waals surface area contributed by atoms with Gasteiger partial charge in [0, 0.05) is 18.6 Å². The first-order valence-corrected chi connectivity index (χ1v) is 4.75. The second-order valence-electron chi connectivity index (χ2n) is 3.73. The maximum atomic E-state index is 12.9. The molecule has 0 spiro atoms. The molecular weight excluding hydrogens is 203 g/mol. The van der Waals surface area contributed by atoms with Crippen molar-refractivity contribution < 1.29 is 9.50 Å². The van der Waals surface area contributed by atoms with Crippen molar-refractivity contribution in [3.63, 3.8) is 0 Å². The van der Waals surface area contributed by atoms with Crippen LogP contribution in [0.15, 0.2) is 15.8 Å². The van der Waals surface area contributed by atoms with Crippen molar-refractivity contribution >= 4 is 0 Å². The van der Waals surface area contributed by atoms with Gasteiger partial charge in [-0.15, -0.1) is 0 Å². The van der Waals surface area contributed by atoms with Crippen molar-refractivity contribution in [1.82, 2.24) is 9.55 Å². The van der Waals surface area contributed by atoms with Crippen molar-refractivity contribution in [3.8, 4) is 0 Å². The van der Waals surface area contributed by atoms with Crippen LogP contribution in [0, 0.1) is 11.7 Å².